The van der Waals surface area contributed by atoms with E-state index in [4.69, 9.17) is 13.6 Å². The molecule has 0 unspecified atom stereocenters. The Balaban J connectivity index is 1.61. The van der Waals surface area contributed by atoms with Gasteiger partial charge in [-0.15, -0.1) is 0 Å². The van der Waals surface area contributed by atoms with Crippen molar-refractivity contribution in [2.75, 3.05) is 7.11 Å². The van der Waals surface area contributed by atoms with Crippen molar-refractivity contribution in [2.45, 2.75) is 19.9 Å². The molecule has 0 spiro atoms. The molecule has 5 heteroatoms. The van der Waals surface area contributed by atoms with E-state index in [0.717, 1.165) is 27.7 Å². The van der Waals surface area contributed by atoms with Gasteiger partial charge in [0.15, 0.2) is 5.76 Å². The number of carbonyl (C=O) groups is 1. The summed E-state index contributed by atoms with van der Waals surface area (Å²) in [4.78, 5) is 12.7. The number of nitrogens with one attached hydrogen (secondary N) is 1. The van der Waals surface area contributed by atoms with Crippen molar-refractivity contribution >= 4 is 27.8 Å². The molecule has 0 bridgehead atoms. The Labute approximate surface area is 150 Å². The maximum Gasteiger partial charge on any atom is 0.287 e. The first-order chi connectivity index (χ1) is 12.6. The van der Waals surface area contributed by atoms with Gasteiger partial charge in [0.2, 0.25) is 0 Å². The summed E-state index contributed by atoms with van der Waals surface area (Å²) >= 11 is 0. The molecule has 2 aromatic carbocycles. The molecule has 0 aliphatic carbocycles. The van der Waals surface area contributed by atoms with Crippen LogP contribution in [0.2, 0.25) is 0 Å². The second kappa shape index (κ2) is 6.26. The first-order valence-electron chi connectivity index (χ1n) is 8.43. The second-order valence-corrected chi connectivity index (χ2v) is 6.30. The standard InChI is InChI=1S/C21H19NO4/c1-12-16-11-15(24-3)8-9-18(16)26-20(12)21(23)22-13(2)19-10-14-6-4-5-7-17(14)25-19/h4-11,13H,1-3H3,(H,22,23)/t13-/m1/s1. The maximum absolute atomic E-state index is 12.7. The normalized spacial score (nSPS) is 12.4. The molecule has 0 saturated heterocycles. The number of carbonyl (C=O) groups excluding carboxylic acids is 1. The van der Waals surface area contributed by atoms with E-state index in [0.29, 0.717) is 17.1 Å². The van der Waals surface area contributed by atoms with Gasteiger partial charge in [0, 0.05) is 16.3 Å². The minimum absolute atomic E-state index is 0.273. The van der Waals surface area contributed by atoms with Crippen LogP contribution in [-0.4, -0.2) is 13.0 Å². The van der Waals surface area contributed by atoms with Gasteiger partial charge < -0.3 is 18.9 Å². The van der Waals surface area contributed by atoms with Crippen LogP contribution in [0.15, 0.2) is 57.4 Å². The first kappa shape index (κ1) is 16.3. The molecule has 5 nitrogen and oxygen atoms in total. The highest BCUT2D eigenvalue weighted by Gasteiger charge is 2.21. The molecule has 0 aliphatic heterocycles. The number of aryl methyl sites for hydroxylation is 1. The lowest BCUT2D eigenvalue weighted by Gasteiger charge is -2.10. The monoisotopic (exact) mass is 349 g/mol. The highest BCUT2D eigenvalue weighted by atomic mass is 16.5. The molecule has 0 radical (unpaired) electrons. The zero-order valence-electron chi connectivity index (χ0n) is 14.8. The number of hydrogen-bond acceptors (Lipinski definition) is 4. The Kier molecular flexibility index (Phi) is 3.92. The van der Waals surface area contributed by atoms with Crippen molar-refractivity contribution in [3.63, 3.8) is 0 Å². The van der Waals surface area contributed by atoms with Crippen molar-refractivity contribution in [3.05, 3.63) is 65.6 Å². The molecule has 1 amide bonds. The van der Waals surface area contributed by atoms with Crippen LogP contribution >= 0.6 is 0 Å². The lowest BCUT2D eigenvalue weighted by Crippen LogP contribution is -2.26. The lowest BCUT2D eigenvalue weighted by atomic mass is 10.1. The van der Waals surface area contributed by atoms with E-state index in [2.05, 4.69) is 5.32 Å². The van der Waals surface area contributed by atoms with E-state index >= 15 is 0 Å². The third kappa shape index (κ3) is 2.71. The van der Waals surface area contributed by atoms with Crippen LogP contribution in [0, 0.1) is 6.92 Å². The van der Waals surface area contributed by atoms with Gasteiger partial charge in [0.1, 0.15) is 22.7 Å². The van der Waals surface area contributed by atoms with Crippen molar-refractivity contribution in [1.82, 2.24) is 5.32 Å². The minimum Gasteiger partial charge on any atom is -0.497 e. The zero-order chi connectivity index (χ0) is 18.3. The van der Waals surface area contributed by atoms with E-state index < -0.39 is 0 Å². The Hall–Kier alpha value is -3.21. The van der Waals surface area contributed by atoms with E-state index in [-0.39, 0.29) is 11.9 Å². The third-order valence-corrected chi connectivity index (χ3v) is 4.57. The van der Waals surface area contributed by atoms with E-state index in [9.17, 15) is 4.79 Å². The molecule has 0 fully saturated rings. The fraction of sp³-hybridized carbons (Fsp3) is 0.190. The van der Waals surface area contributed by atoms with Crippen LogP contribution < -0.4 is 10.1 Å². The van der Waals surface area contributed by atoms with Crippen LogP contribution in [0.1, 0.15) is 34.8 Å². The van der Waals surface area contributed by atoms with E-state index in [1.165, 1.54) is 0 Å². The average molecular weight is 349 g/mol. The smallest absolute Gasteiger partial charge is 0.287 e. The summed E-state index contributed by atoms with van der Waals surface area (Å²) in [6.07, 6.45) is 0. The van der Waals surface area contributed by atoms with Crippen LogP contribution in [0.5, 0.6) is 5.75 Å². The molecule has 1 N–H and O–H groups in total. The summed E-state index contributed by atoms with van der Waals surface area (Å²) < 4.78 is 16.8. The predicted octanol–water partition coefficient (Wildman–Crippen LogP) is 4.99. The second-order valence-electron chi connectivity index (χ2n) is 6.30. The maximum atomic E-state index is 12.7. The molecule has 1 atom stereocenters. The van der Waals surface area contributed by atoms with Gasteiger partial charge in [-0.3, -0.25) is 4.79 Å². The summed E-state index contributed by atoms with van der Waals surface area (Å²) in [5, 5.41) is 4.82. The number of fused-ring (bicyclic) bond motifs is 2. The topological polar surface area (TPSA) is 64.6 Å². The van der Waals surface area contributed by atoms with Crippen molar-refractivity contribution in [3.8, 4) is 5.75 Å². The number of methoxy groups -OCH3 is 1. The number of benzene rings is 2. The minimum atomic E-state index is -0.281. The van der Waals surface area contributed by atoms with Crippen LogP contribution in [-0.2, 0) is 0 Å². The molecular weight excluding hydrogens is 330 g/mol. The molecule has 132 valence electrons. The molecule has 0 saturated carbocycles. The van der Waals surface area contributed by atoms with Crippen LogP contribution in [0.3, 0.4) is 0 Å². The van der Waals surface area contributed by atoms with Gasteiger partial charge in [-0.05, 0) is 44.2 Å². The van der Waals surface area contributed by atoms with Gasteiger partial charge in [-0.25, -0.2) is 0 Å². The van der Waals surface area contributed by atoms with Crippen molar-refractivity contribution < 1.29 is 18.4 Å². The fourth-order valence-electron chi connectivity index (χ4n) is 3.09. The van der Waals surface area contributed by atoms with Crippen LogP contribution in [0.4, 0.5) is 0 Å². The Morgan fingerprint density at radius 3 is 2.65 bits per heavy atom. The Bertz CT molecular complexity index is 1070. The lowest BCUT2D eigenvalue weighted by molar-refractivity contribution is 0.0909. The zero-order valence-corrected chi connectivity index (χ0v) is 14.8. The highest BCUT2D eigenvalue weighted by molar-refractivity contribution is 5.99. The summed E-state index contributed by atoms with van der Waals surface area (Å²) in [6.45, 7) is 3.75. The molecule has 2 aromatic heterocycles. The fourth-order valence-corrected chi connectivity index (χ4v) is 3.09. The Morgan fingerprint density at radius 2 is 1.88 bits per heavy atom. The van der Waals surface area contributed by atoms with Crippen molar-refractivity contribution in [2.24, 2.45) is 0 Å². The molecule has 4 aromatic rings. The quantitative estimate of drug-likeness (QED) is 0.564. The number of furan rings is 2. The summed E-state index contributed by atoms with van der Waals surface area (Å²) in [6, 6.07) is 14.9. The third-order valence-electron chi connectivity index (χ3n) is 4.57. The summed E-state index contributed by atoms with van der Waals surface area (Å²) in [5.74, 6) is 1.46. The van der Waals surface area contributed by atoms with Gasteiger partial charge in [-0.1, -0.05) is 18.2 Å². The largest absolute Gasteiger partial charge is 0.497 e. The van der Waals surface area contributed by atoms with Crippen molar-refractivity contribution in [1.29, 1.82) is 0 Å². The SMILES string of the molecule is COc1ccc2oc(C(=O)N[C@H](C)c3cc4ccccc4o3)c(C)c2c1. The number of hydrogen-bond donors (Lipinski definition) is 1. The average Bonchev–Trinajstić information content (AvgIpc) is 3.23. The molecule has 2 heterocycles. The number of amides is 1. The number of ether oxygens (including phenoxy) is 1. The number of rotatable bonds is 4. The van der Waals surface area contributed by atoms with Gasteiger partial charge in [-0.2, -0.15) is 0 Å². The summed E-state index contributed by atoms with van der Waals surface area (Å²) in [7, 11) is 1.61. The molecular formula is C21H19NO4. The summed E-state index contributed by atoms with van der Waals surface area (Å²) in [5.41, 5.74) is 2.24. The van der Waals surface area contributed by atoms with E-state index in [1.807, 2.05) is 56.3 Å². The van der Waals surface area contributed by atoms with E-state index in [1.54, 1.807) is 13.2 Å². The number of para-hydroxylation sites is 1. The predicted molar refractivity (Wildman–Crippen MR) is 99.6 cm³/mol. The van der Waals surface area contributed by atoms with Gasteiger partial charge in [0.05, 0.1) is 13.2 Å². The highest BCUT2D eigenvalue weighted by Crippen LogP contribution is 2.29. The van der Waals surface area contributed by atoms with Crippen LogP contribution in [0.25, 0.3) is 21.9 Å². The molecule has 26 heavy (non-hydrogen) atoms. The first-order valence-corrected chi connectivity index (χ1v) is 8.43. The van der Waals surface area contributed by atoms with Gasteiger partial charge >= 0.3 is 0 Å². The Morgan fingerprint density at radius 1 is 1.08 bits per heavy atom. The molecule has 4 rings (SSSR count). The van der Waals surface area contributed by atoms with Gasteiger partial charge in [0.25, 0.3) is 5.91 Å². The molecule has 0 aliphatic rings.